The van der Waals surface area contributed by atoms with Crippen LogP contribution in [0.25, 0.3) is 10.8 Å². The molecule has 0 spiro atoms. The minimum Gasteiger partial charge on any atom is -0.321 e. The van der Waals surface area contributed by atoms with E-state index in [4.69, 9.17) is 11.6 Å². The van der Waals surface area contributed by atoms with Gasteiger partial charge in [-0.25, -0.2) is 4.39 Å². The van der Waals surface area contributed by atoms with Crippen LogP contribution in [-0.4, -0.2) is 16.1 Å². The maximum atomic E-state index is 13.8. The maximum Gasteiger partial charge on any atom is 0.272 e. The molecule has 0 aliphatic rings. The topological polar surface area (TPSA) is 94.8 Å². The fourth-order valence-corrected chi connectivity index (χ4v) is 2.48. The number of amides is 1. The summed E-state index contributed by atoms with van der Waals surface area (Å²) in [6.45, 7) is 0. The molecule has 0 aliphatic carbocycles. The number of benzene rings is 2. The van der Waals surface area contributed by atoms with Crippen molar-refractivity contribution in [2.24, 2.45) is 0 Å². The van der Waals surface area contributed by atoms with Crippen LogP contribution in [0, 0.1) is 5.82 Å². The summed E-state index contributed by atoms with van der Waals surface area (Å²) in [5, 5.41) is 6.81. The Bertz CT molecular complexity index is 1020. The third-order valence-corrected chi connectivity index (χ3v) is 3.58. The molecular weight excluding hydrogens is 325 g/mol. The van der Waals surface area contributed by atoms with Gasteiger partial charge in [0.05, 0.1) is 27.0 Å². The minimum absolute atomic E-state index is 0.00272. The summed E-state index contributed by atoms with van der Waals surface area (Å²) in [7, 11) is 0. The lowest BCUT2D eigenvalue weighted by Crippen LogP contribution is -2.22. The van der Waals surface area contributed by atoms with Crippen LogP contribution in [0.15, 0.2) is 46.0 Å². The molecule has 1 aromatic heterocycles. The SMILES string of the molecule is O=C(Nc1cccc2c(=O)[nH][nH]c(=O)c12)c1c(F)cccc1Cl. The van der Waals surface area contributed by atoms with Gasteiger partial charge in [0.1, 0.15) is 5.82 Å². The number of hydrogen-bond acceptors (Lipinski definition) is 3. The van der Waals surface area contributed by atoms with E-state index in [0.717, 1.165) is 6.07 Å². The first-order chi connectivity index (χ1) is 11.0. The summed E-state index contributed by atoms with van der Waals surface area (Å²) in [5.41, 5.74) is -1.36. The predicted molar refractivity (Wildman–Crippen MR) is 84.6 cm³/mol. The fourth-order valence-electron chi connectivity index (χ4n) is 2.23. The van der Waals surface area contributed by atoms with Crippen LogP contribution in [-0.2, 0) is 0 Å². The van der Waals surface area contributed by atoms with Gasteiger partial charge < -0.3 is 5.32 Å². The number of fused-ring (bicyclic) bond motifs is 1. The average molecular weight is 334 g/mol. The second-order valence-electron chi connectivity index (χ2n) is 4.69. The Morgan fingerprint density at radius 3 is 2.48 bits per heavy atom. The summed E-state index contributed by atoms with van der Waals surface area (Å²) >= 11 is 5.84. The highest BCUT2D eigenvalue weighted by Gasteiger charge is 2.17. The fraction of sp³-hybridized carbons (Fsp3) is 0. The third-order valence-electron chi connectivity index (χ3n) is 3.26. The van der Waals surface area contributed by atoms with Crippen molar-refractivity contribution >= 4 is 34.0 Å². The van der Waals surface area contributed by atoms with Gasteiger partial charge in [-0.15, -0.1) is 0 Å². The van der Waals surface area contributed by atoms with Gasteiger partial charge in [-0.3, -0.25) is 24.6 Å². The first kappa shape index (κ1) is 15.0. The standard InChI is InChI=1S/C15H9ClFN3O3/c16-8-4-2-5-9(17)12(8)14(22)18-10-6-1-3-7-11(10)15(23)20-19-13(7)21/h1-6H,(H,18,22)(H,19,21)(H,20,23). The molecule has 0 fully saturated rings. The molecule has 23 heavy (non-hydrogen) atoms. The van der Waals surface area contributed by atoms with Gasteiger partial charge in [-0.2, -0.15) is 0 Å². The maximum absolute atomic E-state index is 13.8. The van der Waals surface area contributed by atoms with E-state index >= 15 is 0 Å². The second-order valence-corrected chi connectivity index (χ2v) is 5.09. The molecule has 0 bridgehead atoms. The van der Waals surface area contributed by atoms with Crippen molar-refractivity contribution in [1.82, 2.24) is 10.2 Å². The highest BCUT2D eigenvalue weighted by Crippen LogP contribution is 2.22. The van der Waals surface area contributed by atoms with Crippen LogP contribution in [0.3, 0.4) is 0 Å². The first-order valence-corrected chi connectivity index (χ1v) is 6.86. The molecule has 8 heteroatoms. The van der Waals surface area contributed by atoms with Gasteiger partial charge in [0.25, 0.3) is 17.0 Å². The zero-order chi connectivity index (χ0) is 16.6. The minimum atomic E-state index is -0.819. The summed E-state index contributed by atoms with van der Waals surface area (Å²) in [6.07, 6.45) is 0. The molecule has 0 radical (unpaired) electrons. The monoisotopic (exact) mass is 333 g/mol. The second kappa shape index (κ2) is 5.69. The number of rotatable bonds is 2. The van der Waals surface area contributed by atoms with E-state index < -0.39 is 22.8 Å². The number of H-pyrrole nitrogens is 2. The summed E-state index contributed by atoms with van der Waals surface area (Å²) in [4.78, 5) is 35.9. The highest BCUT2D eigenvalue weighted by atomic mass is 35.5. The zero-order valence-electron chi connectivity index (χ0n) is 11.4. The number of hydrogen-bond donors (Lipinski definition) is 3. The van der Waals surface area contributed by atoms with Gasteiger partial charge in [-0.1, -0.05) is 23.7 Å². The average Bonchev–Trinajstić information content (AvgIpc) is 2.51. The third kappa shape index (κ3) is 2.62. The quantitative estimate of drug-likeness (QED) is 0.671. The van der Waals surface area contributed by atoms with Crippen molar-refractivity contribution in [1.29, 1.82) is 0 Å². The molecule has 0 aliphatic heterocycles. The number of nitrogens with one attached hydrogen (secondary N) is 3. The van der Waals surface area contributed by atoms with Crippen LogP contribution in [0.5, 0.6) is 0 Å². The van der Waals surface area contributed by atoms with Crippen LogP contribution in [0.4, 0.5) is 10.1 Å². The number of halogens is 2. The Morgan fingerprint density at radius 2 is 1.74 bits per heavy atom. The van der Waals surface area contributed by atoms with E-state index in [0.29, 0.717) is 0 Å². The van der Waals surface area contributed by atoms with Crippen LogP contribution in [0.2, 0.25) is 5.02 Å². The number of aromatic amines is 2. The molecule has 3 rings (SSSR count). The van der Waals surface area contributed by atoms with E-state index in [9.17, 15) is 18.8 Å². The predicted octanol–water partition coefficient (Wildman–Crippen LogP) is 2.26. The number of anilines is 1. The van der Waals surface area contributed by atoms with E-state index in [1.54, 1.807) is 0 Å². The lowest BCUT2D eigenvalue weighted by molar-refractivity contribution is 0.102. The van der Waals surface area contributed by atoms with Crippen molar-refractivity contribution < 1.29 is 9.18 Å². The molecule has 1 amide bonds. The Hall–Kier alpha value is -2.93. The molecule has 0 saturated carbocycles. The molecule has 0 unspecified atom stereocenters. The van der Waals surface area contributed by atoms with E-state index in [-0.39, 0.29) is 27.0 Å². The van der Waals surface area contributed by atoms with Crippen LogP contribution < -0.4 is 16.4 Å². The lowest BCUT2D eigenvalue weighted by atomic mass is 10.1. The van der Waals surface area contributed by atoms with E-state index in [1.807, 2.05) is 0 Å². The Morgan fingerprint density at radius 1 is 1.04 bits per heavy atom. The number of carbonyl (C=O) groups excluding carboxylic acids is 1. The Balaban J connectivity index is 2.13. The van der Waals surface area contributed by atoms with E-state index in [1.165, 1.54) is 30.3 Å². The van der Waals surface area contributed by atoms with Gasteiger partial charge in [0.2, 0.25) is 0 Å². The molecule has 2 aromatic carbocycles. The molecule has 6 nitrogen and oxygen atoms in total. The van der Waals surface area contributed by atoms with Gasteiger partial charge in [0, 0.05) is 0 Å². The lowest BCUT2D eigenvalue weighted by Gasteiger charge is -2.09. The van der Waals surface area contributed by atoms with Crippen molar-refractivity contribution in [2.45, 2.75) is 0 Å². The zero-order valence-corrected chi connectivity index (χ0v) is 12.2. The van der Waals surface area contributed by atoms with Crippen molar-refractivity contribution in [3.8, 4) is 0 Å². The largest absolute Gasteiger partial charge is 0.321 e. The van der Waals surface area contributed by atoms with Crippen LogP contribution in [0.1, 0.15) is 10.4 Å². The van der Waals surface area contributed by atoms with Gasteiger partial charge >= 0.3 is 0 Å². The molecule has 116 valence electrons. The van der Waals surface area contributed by atoms with Gasteiger partial charge in [0.15, 0.2) is 0 Å². The molecule has 3 N–H and O–H groups in total. The van der Waals surface area contributed by atoms with Crippen LogP contribution >= 0.6 is 11.6 Å². The van der Waals surface area contributed by atoms with Gasteiger partial charge in [-0.05, 0) is 24.3 Å². The molecular formula is C15H9ClFN3O3. The Labute approximate surface area is 132 Å². The first-order valence-electron chi connectivity index (χ1n) is 6.48. The highest BCUT2D eigenvalue weighted by molar-refractivity contribution is 6.34. The van der Waals surface area contributed by atoms with Crippen molar-refractivity contribution in [3.05, 3.63) is 73.5 Å². The molecule has 0 atom stereocenters. The van der Waals surface area contributed by atoms with Crippen molar-refractivity contribution in [2.75, 3.05) is 5.32 Å². The number of aromatic nitrogens is 2. The molecule has 0 saturated heterocycles. The normalized spacial score (nSPS) is 10.7. The molecule has 1 heterocycles. The summed E-state index contributed by atoms with van der Waals surface area (Å²) in [5.74, 6) is -1.61. The summed E-state index contributed by atoms with van der Waals surface area (Å²) in [6, 6.07) is 8.21. The Kier molecular flexibility index (Phi) is 3.71. The number of carbonyl (C=O) groups is 1. The van der Waals surface area contributed by atoms with Crippen molar-refractivity contribution in [3.63, 3.8) is 0 Å². The summed E-state index contributed by atoms with van der Waals surface area (Å²) < 4.78 is 13.8. The van der Waals surface area contributed by atoms with E-state index in [2.05, 4.69) is 15.5 Å². The molecule has 3 aromatic rings. The smallest absolute Gasteiger partial charge is 0.272 e.